The molecule has 0 saturated heterocycles. The van der Waals surface area contributed by atoms with E-state index in [0.717, 1.165) is 11.1 Å². The molecule has 5 N–H and O–H groups in total. The number of nitrogens with two attached hydrogens (primary N) is 1. The zero-order chi connectivity index (χ0) is 22.5. The number of anilines is 2. The van der Waals surface area contributed by atoms with Gasteiger partial charge in [0.1, 0.15) is 6.29 Å². The van der Waals surface area contributed by atoms with Crippen LogP contribution in [0.25, 0.3) is 0 Å². The molecule has 1 aliphatic carbocycles. The van der Waals surface area contributed by atoms with Crippen molar-refractivity contribution in [3.8, 4) is 0 Å². The third-order valence-corrected chi connectivity index (χ3v) is 5.80. The van der Waals surface area contributed by atoms with Crippen LogP contribution in [0.15, 0.2) is 48.5 Å². The molecule has 1 fully saturated rings. The van der Waals surface area contributed by atoms with Crippen LogP contribution < -0.4 is 11.1 Å². The number of nitrogen functional groups attached to an aromatic ring is 1. The van der Waals surface area contributed by atoms with E-state index in [1.807, 2.05) is 36.4 Å². The Morgan fingerprint density at radius 1 is 0.935 bits per heavy atom. The highest BCUT2D eigenvalue weighted by Crippen LogP contribution is 2.44. The maximum absolute atomic E-state index is 12.9. The van der Waals surface area contributed by atoms with Crippen molar-refractivity contribution >= 4 is 35.5 Å². The van der Waals surface area contributed by atoms with Crippen molar-refractivity contribution in [3.05, 3.63) is 59.7 Å². The van der Waals surface area contributed by atoms with E-state index in [1.54, 1.807) is 12.1 Å². The number of carbonyl (C=O) groups excluding carboxylic acids is 2. The second kappa shape index (κ2) is 9.42. The van der Waals surface area contributed by atoms with Crippen LogP contribution in [0.1, 0.15) is 24.0 Å². The van der Waals surface area contributed by atoms with E-state index in [1.165, 1.54) is 0 Å². The zero-order valence-electron chi connectivity index (χ0n) is 16.7. The largest absolute Gasteiger partial charge is 0.481 e. The second-order valence-electron chi connectivity index (χ2n) is 7.84. The topological polar surface area (TPSA) is 147 Å². The maximum Gasteiger partial charge on any atom is 0.307 e. The molecular formula is C23H24N2O6. The van der Waals surface area contributed by atoms with E-state index in [2.05, 4.69) is 5.32 Å². The molecule has 0 spiro atoms. The van der Waals surface area contributed by atoms with Crippen molar-refractivity contribution in [2.75, 3.05) is 11.1 Å². The molecule has 1 saturated carbocycles. The minimum Gasteiger partial charge on any atom is -0.481 e. The molecule has 0 bridgehead atoms. The van der Waals surface area contributed by atoms with Gasteiger partial charge in [0.25, 0.3) is 0 Å². The lowest BCUT2D eigenvalue weighted by molar-refractivity contribution is -0.150. The first-order valence-electron chi connectivity index (χ1n) is 9.93. The smallest absolute Gasteiger partial charge is 0.307 e. The van der Waals surface area contributed by atoms with Gasteiger partial charge in [0, 0.05) is 17.8 Å². The minimum atomic E-state index is -1.27. The van der Waals surface area contributed by atoms with Gasteiger partial charge in [0.15, 0.2) is 0 Å². The number of hydrogen-bond donors (Lipinski definition) is 4. The molecule has 2 aromatic carbocycles. The molecule has 31 heavy (non-hydrogen) atoms. The molecule has 162 valence electrons. The average Bonchev–Trinajstić information content (AvgIpc) is 3.11. The maximum atomic E-state index is 12.9. The molecule has 4 atom stereocenters. The molecule has 0 aromatic heterocycles. The number of carboxylic acid groups (broad SMARTS) is 2. The van der Waals surface area contributed by atoms with Gasteiger partial charge in [-0.3, -0.25) is 14.4 Å². The predicted octanol–water partition coefficient (Wildman–Crippen LogP) is 2.42. The zero-order valence-corrected chi connectivity index (χ0v) is 16.7. The van der Waals surface area contributed by atoms with Crippen molar-refractivity contribution in [1.82, 2.24) is 0 Å². The Morgan fingerprint density at radius 3 is 2.03 bits per heavy atom. The summed E-state index contributed by atoms with van der Waals surface area (Å²) in [6.45, 7) is 0. The van der Waals surface area contributed by atoms with Gasteiger partial charge >= 0.3 is 11.9 Å². The fourth-order valence-electron chi connectivity index (χ4n) is 4.29. The molecule has 1 aliphatic rings. The van der Waals surface area contributed by atoms with Crippen LogP contribution in [-0.2, 0) is 25.6 Å². The fourth-order valence-corrected chi connectivity index (χ4v) is 4.29. The van der Waals surface area contributed by atoms with Crippen LogP contribution in [0.2, 0.25) is 0 Å². The number of aliphatic carboxylic acids is 2. The highest BCUT2D eigenvalue weighted by Gasteiger charge is 2.53. The van der Waals surface area contributed by atoms with Gasteiger partial charge in [-0.2, -0.15) is 0 Å². The molecule has 8 heteroatoms. The number of aldehydes is 1. The normalized spacial score (nSPS) is 22.6. The van der Waals surface area contributed by atoms with Gasteiger partial charge in [-0.1, -0.05) is 24.3 Å². The lowest BCUT2D eigenvalue weighted by atomic mass is 9.85. The van der Waals surface area contributed by atoms with Crippen LogP contribution in [0, 0.1) is 23.7 Å². The van der Waals surface area contributed by atoms with Crippen molar-refractivity contribution in [2.24, 2.45) is 23.7 Å². The van der Waals surface area contributed by atoms with Crippen LogP contribution in [0.4, 0.5) is 11.4 Å². The Hall–Kier alpha value is -3.68. The predicted molar refractivity (Wildman–Crippen MR) is 113 cm³/mol. The molecule has 0 aliphatic heterocycles. The van der Waals surface area contributed by atoms with Gasteiger partial charge in [-0.25, -0.2) is 0 Å². The third-order valence-electron chi connectivity index (χ3n) is 5.80. The Kier molecular flexibility index (Phi) is 6.69. The number of carbonyl (C=O) groups is 4. The van der Waals surface area contributed by atoms with E-state index in [9.17, 15) is 29.4 Å². The quantitative estimate of drug-likeness (QED) is 0.376. The standard InChI is InChI=1S/C23H24N2O6/c24-16-5-1-13(2-6-16)11-14-3-7-17(8-4-14)25-21(27)20-18(22(28)29)12-15(9-10-26)19(20)23(30)31/h1-8,10,15,18-20H,9,11-12,24H2,(H,25,27)(H,28,29)(H,30,31). The van der Waals surface area contributed by atoms with Gasteiger partial charge in [0.2, 0.25) is 5.91 Å². The molecule has 0 radical (unpaired) electrons. The summed E-state index contributed by atoms with van der Waals surface area (Å²) >= 11 is 0. The summed E-state index contributed by atoms with van der Waals surface area (Å²) in [4.78, 5) is 47.2. The van der Waals surface area contributed by atoms with Crippen molar-refractivity contribution in [1.29, 1.82) is 0 Å². The number of nitrogens with one attached hydrogen (secondary N) is 1. The van der Waals surface area contributed by atoms with E-state index >= 15 is 0 Å². The van der Waals surface area contributed by atoms with Crippen molar-refractivity contribution in [3.63, 3.8) is 0 Å². The van der Waals surface area contributed by atoms with Crippen molar-refractivity contribution < 1.29 is 29.4 Å². The van der Waals surface area contributed by atoms with Gasteiger partial charge < -0.3 is 26.1 Å². The molecule has 8 nitrogen and oxygen atoms in total. The Labute approximate surface area is 179 Å². The van der Waals surface area contributed by atoms with Gasteiger partial charge in [-0.15, -0.1) is 0 Å². The van der Waals surface area contributed by atoms with E-state index in [4.69, 9.17) is 5.73 Å². The number of rotatable bonds is 8. The van der Waals surface area contributed by atoms with E-state index < -0.39 is 41.5 Å². The molecular weight excluding hydrogens is 400 g/mol. The number of carboxylic acids is 2. The van der Waals surface area contributed by atoms with E-state index in [0.29, 0.717) is 24.1 Å². The third kappa shape index (κ3) is 5.09. The van der Waals surface area contributed by atoms with Crippen LogP contribution in [-0.4, -0.2) is 34.3 Å². The van der Waals surface area contributed by atoms with Gasteiger partial charge in [-0.05, 0) is 54.2 Å². The first kappa shape index (κ1) is 22.0. The van der Waals surface area contributed by atoms with Crippen LogP contribution >= 0.6 is 0 Å². The molecule has 2 aromatic rings. The lowest BCUT2D eigenvalue weighted by Gasteiger charge is -2.21. The fraction of sp³-hybridized carbons (Fsp3) is 0.304. The average molecular weight is 424 g/mol. The monoisotopic (exact) mass is 424 g/mol. The SMILES string of the molecule is Nc1ccc(Cc2ccc(NC(=O)C3C(C(=O)O)CC(CC=O)C3C(=O)O)cc2)cc1. The first-order valence-corrected chi connectivity index (χ1v) is 9.93. The number of hydrogen-bond acceptors (Lipinski definition) is 5. The molecule has 0 heterocycles. The summed E-state index contributed by atoms with van der Waals surface area (Å²) in [5, 5.41) is 21.7. The Bertz CT molecular complexity index is 971. The number of benzene rings is 2. The van der Waals surface area contributed by atoms with E-state index in [-0.39, 0.29) is 12.8 Å². The minimum absolute atomic E-state index is 0.0242. The highest BCUT2D eigenvalue weighted by atomic mass is 16.4. The summed E-state index contributed by atoms with van der Waals surface area (Å²) in [5.41, 5.74) is 8.89. The molecule has 1 amide bonds. The summed E-state index contributed by atoms with van der Waals surface area (Å²) in [7, 11) is 0. The lowest BCUT2D eigenvalue weighted by Crippen LogP contribution is -2.37. The first-order chi connectivity index (χ1) is 14.8. The molecule has 3 rings (SSSR count). The van der Waals surface area contributed by atoms with Gasteiger partial charge in [0.05, 0.1) is 17.8 Å². The highest BCUT2D eigenvalue weighted by molar-refractivity contribution is 5.98. The van der Waals surface area contributed by atoms with Crippen molar-refractivity contribution in [2.45, 2.75) is 19.3 Å². The Morgan fingerprint density at radius 2 is 1.52 bits per heavy atom. The number of amides is 1. The summed E-state index contributed by atoms with van der Waals surface area (Å²) in [6, 6.07) is 14.5. The summed E-state index contributed by atoms with van der Waals surface area (Å²) < 4.78 is 0. The Balaban J connectivity index is 1.73. The molecule has 4 unspecified atom stereocenters. The summed E-state index contributed by atoms with van der Waals surface area (Å²) in [6.07, 6.45) is 1.13. The van der Waals surface area contributed by atoms with Crippen LogP contribution in [0.3, 0.4) is 0 Å². The summed E-state index contributed by atoms with van der Waals surface area (Å²) in [5.74, 6) is -7.50. The second-order valence-corrected chi connectivity index (χ2v) is 7.84. The van der Waals surface area contributed by atoms with Crippen LogP contribution in [0.5, 0.6) is 0 Å².